The molecule has 2 aromatic carbocycles. The summed E-state index contributed by atoms with van der Waals surface area (Å²) in [6.45, 7) is 0.929. The average molecular weight is 319 g/mol. The Morgan fingerprint density at radius 3 is 2.12 bits per heavy atom. The SMILES string of the molecule is COc1ccccc1-c1ccc(-c2ccc(CN(C)C)cc2)nn1. The number of hydrogen-bond donors (Lipinski definition) is 0. The monoisotopic (exact) mass is 319 g/mol. The van der Waals surface area contributed by atoms with Gasteiger partial charge in [0.05, 0.1) is 18.5 Å². The number of nitrogens with zero attached hydrogens (tertiary/aromatic N) is 3. The Hall–Kier alpha value is -2.72. The molecule has 0 aliphatic heterocycles. The molecule has 0 bridgehead atoms. The minimum absolute atomic E-state index is 0.799. The lowest BCUT2D eigenvalue weighted by Crippen LogP contribution is -2.10. The number of rotatable bonds is 5. The molecule has 1 aromatic heterocycles. The second-order valence-electron chi connectivity index (χ2n) is 5.94. The zero-order chi connectivity index (χ0) is 16.9. The number of methoxy groups -OCH3 is 1. The van der Waals surface area contributed by atoms with Crippen molar-refractivity contribution in [3.05, 3.63) is 66.2 Å². The third-order valence-corrected chi connectivity index (χ3v) is 3.80. The van der Waals surface area contributed by atoms with Crippen LogP contribution in [0.25, 0.3) is 22.5 Å². The highest BCUT2D eigenvalue weighted by Gasteiger charge is 2.08. The van der Waals surface area contributed by atoms with Crippen LogP contribution in [-0.4, -0.2) is 36.3 Å². The molecule has 0 saturated carbocycles. The molecule has 0 radical (unpaired) electrons. The quantitative estimate of drug-likeness (QED) is 0.715. The Balaban J connectivity index is 1.84. The van der Waals surface area contributed by atoms with E-state index in [1.165, 1.54) is 5.56 Å². The van der Waals surface area contributed by atoms with Crippen LogP contribution in [0.4, 0.5) is 0 Å². The fourth-order valence-corrected chi connectivity index (χ4v) is 2.63. The number of aromatic nitrogens is 2. The van der Waals surface area contributed by atoms with Crippen LogP contribution in [0.3, 0.4) is 0 Å². The zero-order valence-electron chi connectivity index (χ0n) is 14.2. The second-order valence-corrected chi connectivity index (χ2v) is 5.94. The van der Waals surface area contributed by atoms with Crippen molar-refractivity contribution >= 4 is 0 Å². The first-order chi connectivity index (χ1) is 11.7. The van der Waals surface area contributed by atoms with Crippen molar-refractivity contribution in [3.8, 4) is 28.3 Å². The van der Waals surface area contributed by atoms with Crippen molar-refractivity contribution in [2.24, 2.45) is 0 Å². The normalized spacial score (nSPS) is 10.8. The molecule has 0 saturated heterocycles. The van der Waals surface area contributed by atoms with E-state index in [4.69, 9.17) is 4.74 Å². The van der Waals surface area contributed by atoms with Gasteiger partial charge in [0.25, 0.3) is 0 Å². The molecular weight excluding hydrogens is 298 g/mol. The molecule has 0 unspecified atom stereocenters. The summed E-state index contributed by atoms with van der Waals surface area (Å²) in [4.78, 5) is 2.15. The zero-order valence-corrected chi connectivity index (χ0v) is 14.2. The van der Waals surface area contributed by atoms with Crippen LogP contribution in [0, 0.1) is 0 Å². The van der Waals surface area contributed by atoms with Gasteiger partial charge in [0.15, 0.2) is 0 Å². The molecule has 0 fully saturated rings. The van der Waals surface area contributed by atoms with Gasteiger partial charge in [-0.05, 0) is 43.9 Å². The van der Waals surface area contributed by atoms with E-state index in [-0.39, 0.29) is 0 Å². The highest BCUT2D eigenvalue weighted by molar-refractivity contribution is 5.68. The second kappa shape index (κ2) is 7.23. The maximum absolute atomic E-state index is 5.39. The third kappa shape index (κ3) is 3.60. The summed E-state index contributed by atoms with van der Waals surface area (Å²) in [5.74, 6) is 0.799. The number of hydrogen-bond acceptors (Lipinski definition) is 4. The van der Waals surface area contributed by atoms with E-state index in [9.17, 15) is 0 Å². The maximum atomic E-state index is 5.39. The van der Waals surface area contributed by atoms with Crippen LogP contribution in [-0.2, 0) is 6.54 Å². The van der Waals surface area contributed by atoms with Crippen molar-refractivity contribution in [2.75, 3.05) is 21.2 Å². The lowest BCUT2D eigenvalue weighted by Gasteiger charge is -2.10. The van der Waals surface area contributed by atoms with Crippen LogP contribution < -0.4 is 4.74 Å². The van der Waals surface area contributed by atoms with Crippen LogP contribution in [0.15, 0.2) is 60.7 Å². The van der Waals surface area contributed by atoms with Crippen molar-refractivity contribution in [1.82, 2.24) is 15.1 Å². The van der Waals surface area contributed by atoms with E-state index in [0.29, 0.717) is 0 Å². The van der Waals surface area contributed by atoms with E-state index in [1.807, 2.05) is 36.4 Å². The molecule has 0 N–H and O–H groups in total. The Kier molecular flexibility index (Phi) is 4.87. The topological polar surface area (TPSA) is 38.2 Å². The van der Waals surface area contributed by atoms with Gasteiger partial charge in [0.1, 0.15) is 5.75 Å². The summed E-state index contributed by atoms with van der Waals surface area (Å²) < 4.78 is 5.39. The molecule has 0 amide bonds. The molecule has 4 heteroatoms. The molecule has 122 valence electrons. The van der Waals surface area contributed by atoms with Crippen molar-refractivity contribution in [3.63, 3.8) is 0 Å². The van der Waals surface area contributed by atoms with Gasteiger partial charge in [-0.3, -0.25) is 0 Å². The van der Waals surface area contributed by atoms with Gasteiger partial charge in [-0.25, -0.2) is 0 Å². The molecule has 0 atom stereocenters. The standard InChI is InChI=1S/C20H21N3O/c1-23(2)14-15-8-10-16(11-9-15)18-12-13-19(22-21-18)17-6-4-5-7-20(17)24-3/h4-13H,14H2,1-3H3. The smallest absolute Gasteiger partial charge is 0.128 e. The summed E-state index contributed by atoms with van der Waals surface area (Å²) in [5.41, 5.74) is 4.96. The Bertz CT molecular complexity index is 796. The first-order valence-corrected chi connectivity index (χ1v) is 7.88. The molecule has 4 nitrogen and oxygen atoms in total. The van der Waals surface area contributed by atoms with Gasteiger partial charge in [0, 0.05) is 17.7 Å². The summed E-state index contributed by atoms with van der Waals surface area (Å²) in [6.07, 6.45) is 0. The molecule has 3 rings (SSSR count). The van der Waals surface area contributed by atoms with Crippen molar-refractivity contribution < 1.29 is 4.74 Å². The molecule has 0 aliphatic carbocycles. The summed E-state index contributed by atoms with van der Waals surface area (Å²) >= 11 is 0. The van der Waals surface area contributed by atoms with Gasteiger partial charge in [-0.1, -0.05) is 36.4 Å². The maximum Gasteiger partial charge on any atom is 0.128 e. The van der Waals surface area contributed by atoms with Gasteiger partial charge in [-0.2, -0.15) is 0 Å². The predicted octanol–water partition coefficient (Wildman–Crippen LogP) is 3.88. The van der Waals surface area contributed by atoms with E-state index in [0.717, 1.165) is 34.8 Å². The minimum Gasteiger partial charge on any atom is -0.496 e. The summed E-state index contributed by atoms with van der Waals surface area (Å²) in [6, 6.07) is 20.2. The Morgan fingerprint density at radius 2 is 1.50 bits per heavy atom. The molecule has 24 heavy (non-hydrogen) atoms. The van der Waals surface area contributed by atoms with Gasteiger partial charge in [-0.15, -0.1) is 10.2 Å². The average Bonchev–Trinajstić information content (AvgIpc) is 2.62. The number of benzene rings is 2. The van der Waals surface area contributed by atoms with Crippen molar-refractivity contribution in [1.29, 1.82) is 0 Å². The van der Waals surface area contributed by atoms with Crippen LogP contribution in [0.1, 0.15) is 5.56 Å². The highest BCUT2D eigenvalue weighted by atomic mass is 16.5. The first kappa shape index (κ1) is 16.1. The Morgan fingerprint density at radius 1 is 0.833 bits per heavy atom. The first-order valence-electron chi connectivity index (χ1n) is 7.88. The molecule has 1 heterocycles. The fraction of sp³-hybridized carbons (Fsp3) is 0.200. The number of para-hydroxylation sites is 1. The van der Waals surface area contributed by atoms with Crippen LogP contribution in [0.2, 0.25) is 0 Å². The van der Waals surface area contributed by atoms with Crippen molar-refractivity contribution in [2.45, 2.75) is 6.54 Å². The third-order valence-electron chi connectivity index (χ3n) is 3.80. The van der Waals surface area contributed by atoms with E-state index >= 15 is 0 Å². The summed E-state index contributed by atoms with van der Waals surface area (Å²) in [5, 5.41) is 8.74. The molecular formula is C20H21N3O. The van der Waals surface area contributed by atoms with Gasteiger partial charge < -0.3 is 9.64 Å². The largest absolute Gasteiger partial charge is 0.496 e. The lowest BCUT2D eigenvalue weighted by atomic mass is 10.1. The summed E-state index contributed by atoms with van der Waals surface area (Å²) in [7, 11) is 5.79. The van der Waals surface area contributed by atoms with Crippen LogP contribution in [0.5, 0.6) is 5.75 Å². The predicted molar refractivity (Wildman–Crippen MR) is 96.8 cm³/mol. The van der Waals surface area contributed by atoms with Gasteiger partial charge >= 0.3 is 0 Å². The number of ether oxygens (including phenoxy) is 1. The van der Waals surface area contributed by atoms with Crippen LogP contribution >= 0.6 is 0 Å². The lowest BCUT2D eigenvalue weighted by molar-refractivity contribution is 0.402. The van der Waals surface area contributed by atoms with E-state index in [1.54, 1.807) is 7.11 Å². The fourth-order valence-electron chi connectivity index (χ4n) is 2.63. The highest BCUT2D eigenvalue weighted by Crippen LogP contribution is 2.28. The van der Waals surface area contributed by atoms with E-state index < -0.39 is 0 Å². The van der Waals surface area contributed by atoms with Gasteiger partial charge in [0.2, 0.25) is 0 Å². The van der Waals surface area contributed by atoms with E-state index in [2.05, 4.69) is 53.5 Å². The molecule has 0 aliphatic rings. The molecule has 3 aromatic rings. The molecule has 0 spiro atoms. The minimum atomic E-state index is 0.799. The Labute approximate surface area is 142 Å².